The van der Waals surface area contributed by atoms with Crippen molar-refractivity contribution < 1.29 is 9.53 Å². The second-order valence-corrected chi connectivity index (χ2v) is 7.76. The summed E-state index contributed by atoms with van der Waals surface area (Å²) in [7, 11) is 0. The molecule has 1 fully saturated rings. The van der Waals surface area contributed by atoms with E-state index >= 15 is 0 Å². The van der Waals surface area contributed by atoms with Crippen LogP contribution in [0.5, 0.6) is 5.75 Å². The topological polar surface area (TPSA) is 76.1 Å². The van der Waals surface area contributed by atoms with Gasteiger partial charge in [0.2, 0.25) is 5.95 Å². The fraction of sp³-hybridized carbons (Fsp3) is 0.320. The summed E-state index contributed by atoms with van der Waals surface area (Å²) >= 11 is 0. The van der Waals surface area contributed by atoms with Crippen molar-refractivity contribution >= 4 is 17.5 Å². The fourth-order valence-electron chi connectivity index (χ4n) is 3.80. The van der Waals surface area contributed by atoms with Crippen LogP contribution < -0.4 is 15.4 Å². The molecule has 160 valence electrons. The zero-order valence-electron chi connectivity index (χ0n) is 17.8. The number of nitrogens with zero attached hydrogens (tertiary/aromatic N) is 2. The number of benzene rings is 2. The van der Waals surface area contributed by atoms with Crippen LogP contribution >= 0.6 is 0 Å². The number of carbonyl (C=O) groups excluding carboxylic acids is 1. The number of carbonyl (C=O) groups is 1. The van der Waals surface area contributed by atoms with Crippen LogP contribution in [0.1, 0.15) is 49.4 Å². The highest BCUT2D eigenvalue weighted by molar-refractivity contribution is 6.04. The smallest absolute Gasteiger partial charge is 0.255 e. The Labute approximate surface area is 183 Å². The summed E-state index contributed by atoms with van der Waals surface area (Å²) in [4.78, 5) is 21.5. The van der Waals surface area contributed by atoms with Crippen LogP contribution in [0.15, 0.2) is 60.9 Å². The molecule has 2 N–H and O–H groups in total. The van der Waals surface area contributed by atoms with E-state index in [4.69, 9.17) is 4.74 Å². The van der Waals surface area contributed by atoms with Gasteiger partial charge in [-0.1, -0.05) is 31.4 Å². The highest BCUT2D eigenvalue weighted by Gasteiger charge is 2.14. The Morgan fingerprint density at radius 1 is 0.935 bits per heavy atom. The molecule has 0 radical (unpaired) electrons. The van der Waals surface area contributed by atoms with E-state index in [0.717, 1.165) is 22.6 Å². The highest BCUT2D eigenvalue weighted by Crippen LogP contribution is 2.23. The predicted molar refractivity (Wildman–Crippen MR) is 124 cm³/mol. The first-order valence-electron chi connectivity index (χ1n) is 10.9. The molecule has 0 spiro atoms. The lowest BCUT2D eigenvalue weighted by Gasteiger charge is -2.22. The third kappa shape index (κ3) is 5.60. The molecule has 31 heavy (non-hydrogen) atoms. The molecule has 6 heteroatoms. The zero-order chi connectivity index (χ0) is 21.5. The van der Waals surface area contributed by atoms with E-state index in [-0.39, 0.29) is 5.91 Å². The second-order valence-electron chi connectivity index (χ2n) is 7.76. The first-order valence-corrected chi connectivity index (χ1v) is 10.9. The normalized spacial score (nSPS) is 14.1. The Morgan fingerprint density at radius 3 is 2.26 bits per heavy atom. The van der Waals surface area contributed by atoms with Gasteiger partial charge in [0.25, 0.3) is 5.91 Å². The van der Waals surface area contributed by atoms with Crippen molar-refractivity contribution in [3.05, 3.63) is 66.5 Å². The van der Waals surface area contributed by atoms with Gasteiger partial charge in [-0.05, 0) is 61.7 Å². The molecule has 1 aromatic heterocycles. The van der Waals surface area contributed by atoms with Gasteiger partial charge in [0, 0.05) is 35.2 Å². The molecule has 0 bridgehead atoms. The largest absolute Gasteiger partial charge is 0.494 e. The molecule has 0 unspecified atom stereocenters. The van der Waals surface area contributed by atoms with Crippen molar-refractivity contribution in [2.75, 3.05) is 17.2 Å². The number of amides is 1. The minimum Gasteiger partial charge on any atom is -0.494 e. The van der Waals surface area contributed by atoms with Gasteiger partial charge in [0.1, 0.15) is 5.75 Å². The van der Waals surface area contributed by atoms with Gasteiger partial charge < -0.3 is 15.4 Å². The van der Waals surface area contributed by atoms with Gasteiger partial charge in [-0.3, -0.25) is 4.79 Å². The molecule has 1 saturated carbocycles. The molecule has 1 amide bonds. The summed E-state index contributed by atoms with van der Waals surface area (Å²) in [6.07, 6.45) is 9.89. The lowest BCUT2D eigenvalue weighted by Crippen LogP contribution is -2.23. The number of hydrogen-bond donors (Lipinski definition) is 2. The third-order valence-corrected chi connectivity index (χ3v) is 5.49. The van der Waals surface area contributed by atoms with Crippen molar-refractivity contribution in [1.82, 2.24) is 9.97 Å². The lowest BCUT2D eigenvalue weighted by molar-refractivity contribution is 0.102. The average Bonchev–Trinajstić information content (AvgIpc) is 2.82. The molecule has 3 aromatic rings. The van der Waals surface area contributed by atoms with E-state index in [2.05, 4.69) is 20.6 Å². The molecule has 1 heterocycles. The maximum absolute atomic E-state index is 12.5. The van der Waals surface area contributed by atoms with Crippen LogP contribution in [0, 0.1) is 0 Å². The van der Waals surface area contributed by atoms with E-state index in [9.17, 15) is 4.79 Å². The van der Waals surface area contributed by atoms with Crippen molar-refractivity contribution in [1.29, 1.82) is 0 Å². The van der Waals surface area contributed by atoms with Crippen molar-refractivity contribution in [2.24, 2.45) is 0 Å². The number of anilines is 2. The number of hydrogen-bond acceptors (Lipinski definition) is 5. The number of nitrogens with one attached hydrogen (secondary N) is 2. The Morgan fingerprint density at radius 2 is 1.61 bits per heavy atom. The van der Waals surface area contributed by atoms with Crippen LogP contribution in [0.4, 0.5) is 11.6 Å². The second kappa shape index (κ2) is 10.1. The molecular weight excluding hydrogens is 388 g/mol. The number of aromatic nitrogens is 2. The molecule has 6 nitrogen and oxygen atoms in total. The van der Waals surface area contributed by atoms with Gasteiger partial charge in [0.05, 0.1) is 6.61 Å². The first-order chi connectivity index (χ1) is 15.2. The summed E-state index contributed by atoms with van der Waals surface area (Å²) in [5, 5.41) is 6.34. The molecule has 2 aromatic carbocycles. The minimum absolute atomic E-state index is 0.154. The SMILES string of the molecule is CCOc1ccc(NC(=O)c2ccc(-c3cnc(NC4CCCCC4)nc3)cc2)cc1. The standard InChI is InChI=1S/C25H28N4O2/c1-2-31-23-14-12-22(13-15-23)28-24(30)19-10-8-18(9-11-19)20-16-26-25(27-17-20)29-21-6-4-3-5-7-21/h8-17,21H,2-7H2,1H3,(H,28,30)(H,26,27,29). The maximum atomic E-state index is 12.5. The van der Waals surface area contributed by atoms with Gasteiger partial charge >= 0.3 is 0 Å². The van der Waals surface area contributed by atoms with Gasteiger partial charge in [0.15, 0.2) is 0 Å². The van der Waals surface area contributed by atoms with Crippen molar-refractivity contribution in [3.63, 3.8) is 0 Å². The van der Waals surface area contributed by atoms with Crippen LogP contribution in [0.2, 0.25) is 0 Å². The van der Waals surface area contributed by atoms with Gasteiger partial charge in [-0.15, -0.1) is 0 Å². The van der Waals surface area contributed by atoms with Crippen LogP contribution in [-0.4, -0.2) is 28.5 Å². The minimum atomic E-state index is -0.154. The van der Waals surface area contributed by atoms with E-state index in [1.54, 1.807) is 0 Å². The van der Waals surface area contributed by atoms with Gasteiger partial charge in [-0.2, -0.15) is 0 Å². The van der Waals surface area contributed by atoms with Crippen LogP contribution in [0.25, 0.3) is 11.1 Å². The average molecular weight is 417 g/mol. The zero-order valence-corrected chi connectivity index (χ0v) is 17.8. The summed E-state index contributed by atoms with van der Waals surface area (Å²) in [5.74, 6) is 1.31. The maximum Gasteiger partial charge on any atom is 0.255 e. The van der Waals surface area contributed by atoms with Gasteiger partial charge in [-0.25, -0.2) is 9.97 Å². The molecule has 0 atom stereocenters. The first kappa shape index (κ1) is 20.8. The molecule has 1 aliphatic rings. The third-order valence-electron chi connectivity index (χ3n) is 5.49. The Hall–Kier alpha value is -3.41. The summed E-state index contributed by atoms with van der Waals surface area (Å²) < 4.78 is 5.42. The van der Waals surface area contributed by atoms with Crippen molar-refractivity contribution in [2.45, 2.75) is 45.1 Å². The fourth-order valence-corrected chi connectivity index (χ4v) is 3.80. The Bertz CT molecular complexity index is 980. The van der Waals surface area contributed by atoms with E-state index < -0.39 is 0 Å². The Kier molecular flexibility index (Phi) is 6.77. The van der Waals surface area contributed by atoms with E-state index in [1.807, 2.05) is 67.8 Å². The summed E-state index contributed by atoms with van der Waals surface area (Å²) in [6.45, 7) is 2.55. The molecule has 4 rings (SSSR count). The van der Waals surface area contributed by atoms with E-state index in [1.165, 1.54) is 32.1 Å². The number of ether oxygens (including phenoxy) is 1. The van der Waals surface area contributed by atoms with Crippen LogP contribution in [-0.2, 0) is 0 Å². The number of rotatable bonds is 7. The summed E-state index contributed by atoms with van der Waals surface area (Å²) in [5.41, 5.74) is 3.22. The Balaban J connectivity index is 1.36. The monoisotopic (exact) mass is 416 g/mol. The molecule has 1 aliphatic carbocycles. The molecule has 0 aliphatic heterocycles. The molecule has 0 saturated heterocycles. The lowest BCUT2D eigenvalue weighted by atomic mass is 9.96. The van der Waals surface area contributed by atoms with Crippen LogP contribution in [0.3, 0.4) is 0 Å². The quantitative estimate of drug-likeness (QED) is 0.529. The molecular formula is C25H28N4O2. The van der Waals surface area contributed by atoms with E-state index in [0.29, 0.717) is 24.2 Å². The highest BCUT2D eigenvalue weighted by atomic mass is 16.5. The van der Waals surface area contributed by atoms with Crippen molar-refractivity contribution in [3.8, 4) is 16.9 Å². The summed E-state index contributed by atoms with van der Waals surface area (Å²) in [6, 6.07) is 15.3. The predicted octanol–water partition coefficient (Wildman–Crippen LogP) is 5.54.